The van der Waals surface area contributed by atoms with Crippen molar-refractivity contribution in [3.8, 4) is 11.5 Å². The summed E-state index contributed by atoms with van der Waals surface area (Å²) in [5.74, 6) is -3.49. The number of hydrogen-bond acceptors (Lipinski definition) is 8. The molecule has 0 aliphatic heterocycles. The van der Waals surface area contributed by atoms with Gasteiger partial charge in [0.05, 0.1) is 15.9 Å². The molecule has 0 saturated carbocycles. The first-order chi connectivity index (χ1) is 11.2. The van der Waals surface area contributed by atoms with Crippen molar-refractivity contribution in [3.63, 3.8) is 0 Å². The van der Waals surface area contributed by atoms with Crippen molar-refractivity contribution in [2.75, 3.05) is 0 Å². The molecule has 0 aromatic heterocycles. The maximum atomic E-state index is 12.5. The second kappa shape index (κ2) is 4.84. The minimum absolute atomic E-state index is 0.256. The Morgan fingerprint density at radius 3 is 2.04 bits per heavy atom. The smallest absolute Gasteiger partial charge is 0.323 e. The first-order valence-electron chi connectivity index (χ1n) is 6.35. The van der Waals surface area contributed by atoms with E-state index in [9.17, 15) is 40.0 Å². The number of benzene rings is 2. The van der Waals surface area contributed by atoms with E-state index in [2.05, 4.69) is 0 Å². The van der Waals surface area contributed by atoms with Gasteiger partial charge in [-0.25, -0.2) is 0 Å². The average molecular weight is 330 g/mol. The van der Waals surface area contributed by atoms with Crippen LogP contribution in [0, 0.1) is 20.2 Å². The molecule has 0 radical (unpaired) electrons. The standard InChI is InChI=1S/C14H6N2O8/c17-5-1-2-6-7(3-5)14(20)10-8(15(21)22)4-9(18)12(16(23)24)11(10)13(6)19/h1-4,17-18H. The molecule has 0 fully saturated rings. The van der Waals surface area contributed by atoms with Crippen molar-refractivity contribution in [1.82, 2.24) is 0 Å². The highest BCUT2D eigenvalue weighted by Gasteiger charge is 2.43. The third-order valence-corrected chi connectivity index (χ3v) is 3.58. The molecular formula is C14H6N2O8. The van der Waals surface area contributed by atoms with Crippen molar-refractivity contribution >= 4 is 22.9 Å². The van der Waals surface area contributed by atoms with Gasteiger partial charge in [0.15, 0.2) is 0 Å². The van der Waals surface area contributed by atoms with Gasteiger partial charge in [-0.2, -0.15) is 0 Å². The lowest BCUT2D eigenvalue weighted by Crippen LogP contribution is -2.23. The number of carbonyl (C=O) groups is 2. The van der Waals surface area contributed by atoms with Gasteiger partial charge >= 0.3 is 5.69 Å². The van der Waals surface area contributed by atoms with Crippen LogP contribution in [0.2, 0.25) is 0 Å². The molecule has 24 heavy (non-hydrogen) atoms. The van der Waals surface area contributed by atoms with E-state index in [1.165, 1.54) is 0 Å². The van der Waals surface area contributed by atoms with Crippen LogP contribution in [0.25, 0.3) is 0 Å². The van der Waals surface area contributed by atoms with Gasteiger partial charge < -0.3 is 10.2 Å². The summed E-state index contributed by atoms with van der Waals surface area (Å²) < 4.78 is 0. The zero-order valence-corrected chi connectivity index (χ0v) is 11.5. The summed E-state index contributed by atoms with van der Waals surface area (Å²) in [4.78, 5) is 45.3. The number of phenols is 2. The summed E-state index contributed by atoms with van der Waals surface area (Å²) in [5, 5.41) is 41.5. The summed E-state index contributed by atoms with van der Waals surface area (Å²) in [6.07, 6.45) is 0. The van der Waals surface area contributed by atoms with Crippen LogP contribution in [0.3, 0.4) is 0 Å². The Hall–Kier alpha value is -3.82. The molecule has 3 rings (SSSR count). The number of hydrogen-bond donors (Lipinski definition) is 2. The third-order valence-electron chi connectivity index (χ3n) is 3.58. The number of fused-ring (bicyclic) bond motifs is 2. The summed E-state index contributed by atoms with van der Waals surface area (Å²) >= 11 is 0. The fourth-order valence-corrected chi connectivity index (χ4v) is 2.61. The van der Waals surface area contributed by atoms with E-state index in [0.717, 1.165) is 18.2 Å². The van der Waals surface area contributed by atoms with Gasteiger partial charge in [0.1, 0.15) is 16.9 Å². The Kier molecular flexibility index (Phi) is 3.04. The van der Waals surface area contributed by atoms with Crippen molar-refractivity contribution < 1.29 is 29.6 Å². The number of rotatable bonds is 2. The molecule has 1 aliphatic rings. The lowest BCUT2D eigenvalue weighted by Gasteiger charge is -2.17. The molecule has 0 atom stereocenters. The maximum absolute atomic E-state index is 12.5. The van der Waals surface area contributed by atoms with Gasteiger partial charge in [-0.15, -0.1) is 0 Å². The van der Waals surface area contributed by atoms with Crippen LogP contribution in [0.1, 0.15) is 31.8 Å². The number of phenolic OH excluding ortho intramolecular Hbond substituents is 2. The van der Waals surface area contributed by atoms with Gasteiger partial charge in [0.2, 0.25) is 17.3 Å². The van der Waals surface area contributed by atoms with Gasteiger partial charge in [-0.3, -0.25) is 29.8 Å². The summed E-state index contributed by atoms with van der Waals surface area (Å²) in [5.41, 5.74) is -4.19. The fraction of sp³-hybridized carbons (Fsp3) is 0. The van der Waals surface area contributed by atoms with Crippen LogP contribution in [0.5, 0.6) is 11.5 Å². The Morgan fingerprint density at radius 1 is 0.833 bits per heavy atom. The molecule has 10 heteroatoms. The Bertz CT molecular complexity index is 977. The molecule has 2 N–H and O–H groups in total. The van der Waals surface area contributed by atoms with Crippen LogP contribution in [0.4, 0.5) is 11.4 Å². The minimum atomic E-state index is -1.09. The zero-order chi connectivity index (χ0) is 17.8. The lowest BCUT2D eigenvalue weighted by molar-refractivity contribution is -0.390. The molecule has 10 nitrogen and oxygen atoms in total. The average Bonchev–Trinajstić information content (AvgIpc) is 2.50. The van der Waals surface area contributed by atoms with Gasteiger partial charge in [0, 0.05) is 11.1 Å². The van der Waals surface area contributed by atoms with E-state index in [1.807, 2.05) is 0 Å². The summed E-state index contributed by atoms with van der Waals surface area (Å²) in [6, 6.07) is 3.57. The fourth-order valence-electron chi connectivity index (χ4n) is 2.61. The number of ketones is 2. The monoisotopic (exact) mass is 330 g/mol. The normalized spacial score (nSPS) is 12.5. The largest absolute Gasteiger partial charge is 0.508 e. The van der Waals surface area contributed by atoms with Crippen LogP contribution < -0.4 is 0 Å². The molecule has 1 aliphatic carbocycles. The number of nitro benzene ring substituents is 2. The van der Waals surface area contributed by atoms with E-state index in [-0.39, 0.29) is 16.9 Å². The van der Waals surface area contributed by atoms with Crippen LogP contribution >= 0.6 is 0 Å². The van der Waals surface area contributed by atoms with Crippen molar-refractivity contribution in [1.29, 1.82) is 0 Å². The molecular weight excluding hydrogens is 324 g/mol. The highest BCUT2D eigenvalue weighted by atomic mass is 16.6. The van der Waals surface area contributed by atoms with Crippen molar-refractivity contribution in [2.24, 2.45) is 0 Å². The molecule has 0 saturated heterocycles. The number of carbonyl (C=O) groups excluding carboxylic acids is 2. The van der Waals surface area contributed by atoms with E-state index in [1.54, 1.807) is 0 Å². The molecule has 0 spiro atoms. The highest BCUT2D eigenvalue weighted by Crippen LogP contribution is 2.43. The second-order valence-electron chi connectivity index (χ2n) is 4.92. The topological polar surface area (TPSA) is 161 Å². The molecule has 0 heterocycles. The molecule has 2 aromatic rings. The first kappa shape index (κ1) is 15.1. The molecule has 0 unspecified atom stereocenters. The number of nitrogens with zero attached hydrogens (tertiary/aromatic N) is 2. The van der Waals surface area contributed by atoms with Gasteiger partial charge in [-0.05, 0) is 18.2 Å². The van der Waals surface area contributed by atoms with Crippen LogP contribution in [-0.2, 0) is 0 Å². The van der Waals surface area contributed by atoms with Crippen molar-refractivity contribution in [3.05, 3.63) is 66.7 Å². The third kappa shape index (κ3) is 1.90. The zero-order valence-electron chi connectivity index (χ0n) is 11.5. The van der Waals surface area contributed by atoms with E-state index in [0.29, 0.717) is 6.07 Å². The van der Waals surface area contributed by atoms with Crippen molar-refractivity contribution in [2.45, 2.75) is 0 Å². The predicted octanol–water partition coefficient (Wildman–Crippen LogP) is 1.69. The maximum Gasteiger partial charge on any atom is 0.323 e. The minimum Gasteiger partial charge on any atom is -0.508 e. The Labute approximate surface area is 131 Å². The first-order valence-corrected chi connectivity index (χ1v) is 6.35. The van der Waals surface area contributed by atoms with E-state index >= 15 is 0 Å². The predicted molar refractivity (Wildman–Crippen MR) is 76.4 cm³/mol. The SMILES string of the molecule is O=C1c2cc(O)ccc2C(=O)c2c1c([N+](=O)[O-])cc(O)c2[N+](=O)[O-]. The van der Waals surface area contributed by atoms with E-state index in [4.69, 9.17) is 0 Å². The highest BCUT2D eigenvalue weighted by molar-refractivity contribution is 6.31. The molecule has 0 amide bonds. The van der Waals surface area contributed by atoms with Crippen LogP contribution in [0.15, 0.2) is 24.3 Å². The van der Waals surface area contributed by atoms with Gasteiger partial charge in [0.25, 0.3) is 5.69 Å². The molecule has 0 bridgehead atoms. The Balaban J connectivity index is 2.48. The summed E-state index contributed by atoms with van der Waals surface area (Å²) in [7, 11) is 0. The number of nitro groups is 2. The summed E-state index contributed by atoms with van der Waals surface area (Å²) in [6.45, 7) is 0. The quantitative estimate of drug-likeness (QED) is 0.530. The van der Waals surface area contributed by atoms with Crippen LogP contribution in [-0.4, -0.2) is 31.6 Å². The molecule has 120 valence electrons. The van der Waals surface area contributed by atoms with Gasteiger partial charge in [-0.1, -0.05) is 0 Å². The Morgan fingerprint density at radius 2 is 1.46 bits per heavy atom. The van der Waals surface area contributed by atoms with E-state index < -0.39 is 49.7 Å². The lowest BCUT2D eigenvalue weighted by atomic mass is 9.82. The number of aromatic hydroxyl groups is 2. The second-order valence-corrected chi connectivity index (χ2v) is 4.92. The molecule has 2 aromatic carbocycles.